The minimum atomic E-state index is -0.0665. The summed E-state index contributed by atoms with van der Waals surface area (Å²) in [4.78, 5) is 14.6. The fourth-order valence-electron chi connectivity index (χ4n) is 3.14. The van der Waals surface area contributed by atoms with Crippen LogP contribution in [-0.4, -0.2) is 29.9 Å². The number of nitrogens with two attached hydrogens (primary N) is 1. The van der Waals surface area contributed by atoms with Gasteiger partial charge in [-0.3, -0.25) is 4.79 Å². The number of hydrogen-bond acceptors (Lipinski definition) is 3. The number of rotatable bonds is 2. The van der Waals surface area contributed by atoms with Crippen LogP contribution in [0.2, 0.25) is 5.02 Å². The Hall–Kier alpha value is -1.52. The molecule has 1 saturated heterocycles. The molecule has 5 heteroatoms. The molecule has 1 aromatic heterocycles. The highest BCUT2D eigenvalue weighted by molar-refractivity contribution is 6.35. The van der Waals surface area contributed by atoms with Gasteiger partial charge in [-0.25, -0.2) is 0 Å². The van der Waals surface area contributed by atoms with Gasteiger partial charge in [0.25, 0.3) is 5.91 Å². The van der Waals surface area contributed by atoms with Gasteiger partial charge in [-0.15, -0.1) is 0 Å². The molecule has 21 heavy (non-hydrogen) atoms. The van der Waals surface area contributed by atoms with Crippen LogP contribution >= 0.6 is 11.6 Å². The van der Waals surface area contributed by atoms with Crippen molar-refractivity contribution in [3.05, 3.63) is 34.5 Å². The molecule has 1 aliphatic rings. The van der Waals surface area contributed by atoms with E-state index in [0.717, 1.165) is 17.4 Å². The SMILES string of the molecule is Cc1c(C(=O)N2CC(CN)CC2C)oc2c(Cl)cccc12. The Morgan fingerprint density at radius 3 is 2.90 bits per heavy atom. The summed E-state index contributed by atoms with van der Waals surface area (Å²) < 4.78 is 5.77. The average molecular weight is 307 g/mol. The molecule has 2 atom stereocenters. The molecule has 0 saturated carbocycles. The molecule has 0 spiro atoms. The van der Waals surface area contributed by atoms with E-state index in [1.54, 1.807) is 6.07 Å². The quantitative estimate of drug-likeness (QED) is 0.927. The number of amides is 1. The first-order chi connectivity index (χ1) is 10.0. The molecule has 0 radical (unpaired) electrons. The maximum Gasteiger partial charge on any atom is 0.290 e. The minimum absolute atomic E-state index is 0.0665. The Bertz CT molecular complexity index is 695. The minimum Gasteiger partial charge on any atom is -0.449 e. The number of hydrogen-bond donors (Lipinski definition) is 1. The third-order valence-corrected chi connectivity index (χ3v) is 4.66. The smallest absolute Gasteiger partial charge is 0.290 e. The van der Waals surface area contributed by atoms with Crippen molar-refractivity contribution in [1.29, 1.82) is 0 Å². The molecule has 2 heterocycles. The molecule has 2 N–H and O–H groups in total. The summed E-state index contributed by atoms with van der Waals surface area (Å²) >= 11 is 6.15. The standard InChI is InChI=1S/C16H19ClN2O2/c1-9-6-11(7-18)8-19(9)16(20)14-10(2)12-4-3-5-13(17)15(12)21-14/h3-5,9,11H,6-8,18H2,1-2H3. The first-order valence-corrected chi connectivity index (χ1v) is 7.59. The van der Waals surface area contributed by atoms with Crippen LogP contribution in [0.15, 0.2) is 22.6 Å². The van der Waals surface area contributed by atoms with E-state index in [1.807, 2.05) is 24.0 Å². The first-order valence-electron chi connectivity index (χ1n) is 7.21. The summed E-state index contributed by atoms with van der Waals surface area (Å²) in [6.45, 7) is 5.26. The van der Waals surface area contributed by atoms with Crippen molar-refractivity contribution in [3.63, 3.8) is 0 Å². The van der Waals surface area contributed by atoms with Crippen molar-refractivity contribution in [2.24, 2.45) is 11.7 Å². The van der Waals surface area contributed by atoms with Crippen molar-refractivity contribution in [3.8, 4) is 0 Å². The summed E-state index contributed by atoms with van der Waals surface area (Å²) in [5.41, 5.74) is 7.16. The molecule has 2 aromatic rings. The molecule has 1 aromatic carbocycles. The number of furan rings is 1. The Morgan fingerprint density at radius 1 is 1.52 bits per heavy atom. The second-order valence-corrected chi connectivity index (χ2v) is 6.22. The van der Waals surface area contributed by atoms with E-state index in [9.17, 15) is 4.79 Å². The van der Waals surface area contributed by atoms with Crippen molar-refractivity contribution in [1.82, 2.24) is 4.90 Å². The highest BCUT2D eigenvalue weighted by Gasteiger charge is 2.34. The molecule has 0 aliphatic carbocycles. The van der Waals surface area contributed by atoms with Gasteiger partial charge in [-0.1, -0.05) is 23.7 Å². The zero-order chi connectivity index (χ0) is 15.1. The fourth-order valence-corrected chi connectivity index (χ4v) is 3.35. The molecule has 3 rings (SSSR count). The Balaban J connectivity index is 1.99. The molecule has 1 amide bonds. The molecule has 112 valence electrons. The second kappa shape index (κ2) is 5.35. The van der Waals surface area contributed by atoms with E-state index in [2.05, 4.69) is 6.92 Å². The number of fused-ring (bicyclic) bond motifs is 1. The molecular formula is C16H19ClN2O2. The number of para-hydroxylation sites is 1. The van der Waals surface area contributed by atoms with E-state index in [0.29, 0.717) is 35.4 Å². The lowest BCUT2D eigenvalue weighted by Crippen LogP contribution is -2.34. The lowest BCUT2D eigenvalue weighted by molar-refractivity contribution is 0.0712. The van der Waals surface area contributed by atoms with E-state index >= 15 is 0 Å². The third kappa shape index (κ3) is 2.32. The van der Waals surface area contributed by atoms with Crippen LogP contribution in [-0.2, 0) is 0 Å². The average Bonchev–Trinajstić information content (AvgIpc) is 3.01. The molecule has 0 bridgehead atoms. The van der Waals surface area contributed by atoms with Crippen LogP contribution < -0.4 is 5.73 Å². The predicted octanol–water partition coefficient (Wildman–Crippen LogP) is 3.20. The number of nitrogens with zero attached hydrogens (tertiary/aromatic N) is 1. The van der Waals surface area contributed by atoms with E-state index in [-0.39, 0.29) is 11.9 Å². The van der Waals surface area contributed by atoms with Gasteiger partial charge in [-0.2, -0.15) is 0 Å². The van der Waals surface area contributed by atoms with Crippen LogP contribution in [0.1, 0.15) is 29.5 Å². The Kier molecular flexibility index (Phi) is 3.68. The zero-order valence-electron chi connectivity index (χ0n) is 12.2. The van der Waals surface area contributed by atoms with Crippen molar-refractivity contribution in [2.75, 3.05) is 13.1 Å². The fraction of sp³-hybridized carbons (Fsp3) is 0.438. The number of carbonyl (C=O) groups is 1. The lowest BCUT2D eigenvalue weighted by Gasteiger charge is -2.20. The highest BCUT2D eigenvalue weighted by atomic mass is 35.5. The number of aryl methyl sites for hydroxylation is 1. The van der Waals surface area contributed by atoms with Crippen LogP contribution in [0.25, 0.3) is 11.0 Å². The molecule has 1 aliphatic heterocycles. The molecule has 2 unspecified atom stereocenters. The molecule has 4 nitrogen and oxygen atoms in total. The van der Waals surface area contributed by atoms with Crippen LogP contribution in [0.5, 0.6) is 0 Å². The van der Waals surface area contributed by atoms with Crippen molar-refractivity contribution < 1.29 is 9.21 Å². The zero-order valence-corrected chi connectivity index (χ0v) is 13.0. The number of carbonyl (C=O) groups excluding carboxylic acids is 1. The van der Waals surface area contributed by atoms with E-state index < -0.39 is 0 Å². The van der Waals surface area contributed by atoms with Gasteiger partial charge in [0.05, 0.1) is 5.02 Å². The first kappa shape index (κ1) is 14.4. The Labute approximate surface area is 128 Å². The van der Waals surface area contributed by atoms with Gasteiger partial charge >= 0.3 is 0 Å². The van der Waals surface area contributed by atoms with Gasteiger partial charge in [0, 0.05) is 23.5 Å². The summed E-state index contributed by atoms with van der Waals surface area (Å²) in [7, 11) is 0. The third-order valence-electron chi connectivity index (χ3n) is 4.37. The van der Waals surface area contributed by atoms with Crippen molar-refractivity contribution in [2.45, 2.75) is 26.3 Å². The summed E-state index contributed by atoms with van der Waals surface area (Å²) in [6.07, 6.45) is 0.947. The van der Waals surface area contributed by atoms with Gasteiger partial charge < -0.3 is 15.1 Å². The van der Waals surface area contributed by atoms with E-state index in [1.165, 1.54) is 0 Å². The molecule has 1 fully saturated rings. The molecular weight excluding hydrogens is 288 g/mol. The predicted molar refractivity (Wildman–Crippen MR) is 83.6 cm³/mol. The maximum atomic E-state index is 12.8. The summed E-state index contributed by atoms with van der Waals surface area (Å²) in [5.74, 6) is 0.697. The van der Waals surface area contributed by atoms with Gasteiger partial charge in [0.1, 0.15) is 0 Å². The van der Waals surface area contributed by atoms with Gasteiger partial charge in [0.15, 0.2) is 11.3 Å². The topological polar surface area (TPSA) is 59.5 Å². The number of benzene rings is 1. The number of likely N-dealkylation sites (tertiary alicyclic amines) is 1. The van der Waals surface area contributed by atoms with Crippen molar-refractivity contribution >= 4 is 28.5 Å². The van der Waals surface area contributed by atoms with Crippen LogP contribution in [0.3, 0.4) is 0 Å². The summed E-state index contributed by atoms with van der Waals surface area (Å²) in [5, 5.41) is 1.43. The second-order valence-electron chi connectivity index (χ2n) is 5.82. The normalized spacial score (nSPS) is 22.2. The monoisotopic (exact) mass is 306 g/mol. The van der Waals surface area contributed by atoms with Crippen LogP contribution in [0, 0.1) is 12.8 Å². The lowest BCUT2D eigenvalue weighted by atomic mass is 10.1. The maximum absolute atomic E-state index is 12.8. The van der Waals surface area contributed by atoms with Gasteiger partial charge in [0.2, 0.25) is 0 Å². The van der Waals surface area contributed by atoms with Crippen LogP contribution in [0.4, 0.5) is 0 Å². The number of halogens is 1. The summed E-state index contributed by atoms with van der Waals surface area (Å²) in [6, 6.07) is 5.75. The van der Waals surface area contributed by atoms with E-state index in [4.69, 9.17) is 21.8 Å². The van der Waals surface area contributed by atoms with Gasteiger partial charge in [-0.05, 0) is 38.8 Å². The Morgan fingerprint density at radius 2 is 2.29 bits per heavy atom. The highest BCUT2D eigenvalue weighted by Crippen LogP contribution is 2.33. The largest absolute Gasteiger partial charge is 0.449 e.